The van der Waals surface area contributed by atoms with Crippen LogP contribution in [0.25, 0.3) is 15.5 Å². The Morgan fingerprint density at radius 3 is 2.64 bits per heavy atom. The van der Waals surface area contributed by atoms with Crippen molar-refractivity contribution in [1.82, 2.24) is 19.8 Å². The molecule has 2 heterocycles. The molecule has 0 spiro atoms. The average molecular weight is 393 g/mol. The van der Waals surface area contributed by atoms with Crippen LogP contribution in [0.3, 0.4) is 0 Å². The second-order valence-corrected chi connectivity index (χ2v) is 7.25. The molecule has 4 rings (SSSR count). The standard InChI is InChI=1S/C20H19N5O2S/c1-4-27-16-9-7-14(8-10-16)18(26)21-17-11-15(6-5-12(17)2)19-24-25-13(3)22-23-20(25)28-19/h5-11H,4H2,1-3H3,(H,21,26). The molecule has 0 unspecified atom stereocenters. The second-order valence-electron chi connectivity index (χ2n) is 6.29. The van der Waals surface area contributed by atoms with E-state index in [9.17, 15) is 4.79 Å². The number of anilines is 1. The number of amides is 1. The lowest BCUT2D eigenvalue weighted by Gasteiger charge is -2.10. The highest BCUT2D eigenvalue weighted by Gasteiger charge is 2.13. The molecule has 0 aliphatic carbocycles. The van der Waals surface area contributed by atoms with E-state index < -0.39 is 0 Å². The van der Waals surface area contributed by atoms with Gasteiger partial charge in [-0.1, -0.05) is 23.5 Å². The van der Waals surface area contributed by atoms with Gasteiger partial charge in [-0.3, -0.25) is 4.79 Å². The highest BCUT2D eigenvalue weighted by Crippen LogP contribution is 2.29. The Balaban J connectivity index is 1.59. The van der Waals surface area contributed by atoms with E-state index in [0.717, 1.165) is 38.4 Å². The van der Waals surface area contributed by atoms with E-state index in [-0.39, 0.29) is 5.91 Å². The molecule has 0 atom stereocenters. The number of rotatable bonds is 5. The van der Waals surface area contributed by atoms with Crippen molar-refractivity contribution in [3.8, 4) is 16.3 Å². The number of aryl methyl sites for hydroxylation is 2. The first-order valence-electron chi connectivity index (χ1n) is 8.89. The molecule has 0 radical (unpaired) electrons. The highest BCUT2D eigenvalue weighted by atomic mass is 32.1. The molecule has 4 aromatic rings. The third-order valence-corrected chi connectivity index (χ3v) is 5.25. The predicted octanol–water partition coefficient (Wildman–Crippen LogP) is 4.12. The molecule has 0 aliphatic heterocycles. The molecule has 8 heteroatoms. The summed E-state index contributed by atoms with van der Waals surface area (Å²) < 4.78 is 7.14. The summed E-state index contributed by atoms with van der Waals surface area (Å²) in [6, 6.07) is 13.0. The van der Waals surface area contributed by atoms with Gasteiger partial charge in [0.15, 0.2) is 5.82 Å². The zero-order chi connectivity index (χ0) is 19.7. The Labute approximate surface area is 166 Å². The van der Waals surface area contributed by atoms with Gasteiger partial charge in [0.25, 0.3) is 5.91 Å². The van der Waals surface area contributed by atoms with E-state index in [4.69, 9.17) is 4.74 Å². The average Bonchev–Trinajstić information content (AvgIpc) is 3.26. The Morgan fingerprint density at radius 2 is 1.93 bits per heavy atom. The fourth-order valence-electron chi connectivity index (χ4n) is 2.78. The summed E-state index contributed by atoms with van der Waals surface area (Å²) in [6.07, 6.45) is 0. The van der Waals surface area contributed by atoms with Gasteiger partial charge in [0.05, 0.1) is 6.61 Å². The van der Waals surface area contributed by atoms with Gasteiger partial charge in [-0.05, 0) is 56.7 Å². The molecule has 7 nitrogen and oxygen atoms in total. The van der Waals surface area contributed by atoms with Gasteiger partial charge in [0, 0.05) is 16.8 Å². The van der Waals surface area contributed by atoms with Gasteiger partial charge < -0.3 is 10.1 Å². The maximum Gasteiger partial charge on any atom is 0.255 e. The summed E-state index contributed by atoms with van der Waals surface area (Å²) in [7, 11) is 0. The fourth-order valence-corrected chi connectivity index (χ4v) is 3.67. The lowest BCUT2D eigenvalue weighted by Crippen LogP contribution is -2.12. The van der Waals surface area contributed by atoms with Crippen molar-refractivity contribution >= 4 is 27.9 Å². The quantitative estimate of drug-likeness (QED) is 0.552. The monoisotopic (exact) mass is 393 g/mol. The molecule has 0 aliphatic rings. The van der Waals surface area contributed by atoms with Crippen molar-refractivity contribution in [2.24, 2.45) is 0 Å². The molecule has 0 saturated carbocycles. The van der Waals surface area contributed by atoms with Crippen LogP contribution in [0.4, 0.5) is 5.69 Å². The predicted molar refractivity (Wildman–Crippen MR) is 109 cm³/mol. The third kappa shape index (κ3) is 3.46. The van der Waals surface area contributed by atoms with Crippen LogP contribution in [-0.4, -0.2) is 32.3 Å². The lowest BCUT2D eigenvalue weighted by atomic mass is 10.1. The molecular formula is C20H19N5O2S. The molecule has 1 amide bonds. The van der Waals surface area contributed by atoms with Crippen molar-refractivity contribution in [3.05, 3.63) is 59.4 Å². The first-order valence-corrected chi connectivity index (χ1v) is 9.71. The summed E-state index contributed by atoms with van der Waals surface area (Å²) >= 11 is 1.46. The maximum atomic E-state index is 12.6. The van der Waals surface area contributed by atoms with Crippen molar-refractivity contribution in [3.63, 3.8) is 0 Å². The van der Waals surface area contributed by atoms with Crippen molar-refractivity contribution < 1.29 is 9.53 Å². The van der Waals surface area contributed by atoms with Gasteiger partial charge in [0.1, 0.15) is 10.8 Å². The molecule has 0 bridgehead atoms. The van der Waals surface area contributed by atoms with E-state index in [2.05, 4.69) is 20.6 Å². The largest absolute Gasteiger partial charge is 0.494 e. The molecule has 28 heavy (non-hydrogen) atoms. The van der Waals surface area contributed by atoms with Gasteiger partial charge >= 0.3 is 0 Å². The number of nitrogens with zero attached hydrogens (tertiary/aromatic N) is 4. The molecule has 2 aromatic carbocycles. The Morgan fingerprint density at radius 1 is 1.14 bits per heavy atom. The third-order valence-electron chi connectivity index (χ3n) is 4.31. The van der Waals surface area contributed by atoms with Gasteiger partial charge in [-0.2, -0.15) is 9.61 Å². The number of carbonyl (C=O) groups is 1. The number of hydrogen-bond acceptors (Lipinski definition) is 6. The van der Waals surface area contributed by atoms with Crippen LogP contribution in [0.2, 0.25) is 0 Å². The topological polar surface area (TPSA) is 81.4 Å². The summed E-state index contributed by atoms with van der Waals surface area (Å²) in [5.41, 5.74) is 3.21. The zero-order valence-electron chi connectivity index (χ0n) is 15.8. The van der Waals surface area contributed by atoms with Crippen LogP contribution in [0.1, 0.15) is 28.7 Å². The Bertz CT molecular complexity index is 1150. The summed E-state index contributed by atoms with van der Waals surface area (Å²) in [5, 5.41) is 16.5. The van der Waals surface area contributed by atoms with Crippen molar-refractivity contribution in [1.29, 1.82) is 0 Å². The normalized spacial score (nSPS) is 11.0. The van der Waals surface area contributed by atoms with E-state index >= 15 is 0 Å². The van der Waals surface area contributed by atoms with E-state index in [1.807, 2.05) is 39.0 Å². The minimum atomic E-state index is -0.169. The molecule has 142 valence electrons. The second kappa shape index (κ2) is 7.40. The smallest absolute Gasteiger partial charge is 0.255 e. The van der Waals surface area contributed by atoms with Crippen LogP contribution >= 0.6 is 11.3 Å². The van der Waals surface area contributed by atoms with Crippen molar-refractivity contribution in [2.75, 3.05) is 11.9 Å². The molecule has 1 N–H and O–H groups in total. The van der Waals surface area contributed by atoms with Gasteiger partial charge in [-0.15, -0.1) is 10.2 Å². The first kappa shape index (κ1) is 18.1. The van der Waals surface area contributed by atoms with Crippen LogP contribution in [0.5, 0.6) is 5.75 Å². The number of hydrogen-bond donors (Lipinski definition) is 1. The number of fused-ring (bicyclic) bond motifs is 1. The Kier molecular flexibility index (Phi) is 4.79. The molecular weight excluding hydrogens is 374 g/mol. The highest BCUT2D eigenvalue weighted by molar-refractivity contribution is 7.19. The Hall–Kier alpha value is -3.26. The van der Waals surface area contributed by atoms with Gasteiger partial charge in [0.2, 0.25) is 4.96 Å². The van der Waals surface area contributed by atoms with Crippen LogP contribution in [0.15, 0.2) is 42.5 Å². The molecule has 0 saturated heterocycles. The van der Waals surface area contributed by atoms with E-state index in [1.165, 1.54) is 11.3 Å². The van der Waals surface area contributed by atoms with Crippen LogP contribution < -0.4 is 10.1 Å². The molecule has 0 fully saturated rings. The van der Waals surface area contributed by atoms with E-state index in [0.29, 0.717) is 12.2 Å². The number of carbonyl (C=O) groups excluding carboxylic acids is 1. The van der Waals surface area contributed by atoms with Crippen LogP contribution in [-0.2, 0) is 0 Å². The summed E-state index contributed by atoms with van der Waals surface area (Å²) in [5.74, 6) is 1.32. The van der Waals surface area contributed by atoms with Crippen LogP contribution in [0, 0.1) is 13.8 Å². The minimum Gasteiger partial charge on any atom is -0.494 e. The van der Waals surface area contributed by atoms with Gasteiger partial charge in [-0.25, -0.2) is 0 Å². The summed E-state index contributed by atoms with van der Waals surface area (Å²) in [6.45, 7) is 6.34. The summed E-state index contributed by atoms with van der Waals surface area (Å²) in [4.78, 5) is 13.4. The van der Waals surface area contributed by atoms with Crippen molar-refractivity contribution in [2.45, 2.75) is 20.8 Å². The fraction of sp³-hybridized carbons (Fsp3) is 0.200. The number of benzene rings is 2. The first-order chi connectivity index (χ1) is 13.5. The SMILES string of the molecule is CCOc1ccc(C(=O)Nc2cc(-c3nn4c(C)nnc4s3)ccc2C)cc1. The number of nitrogens with one attached hydrogen (secondary N) is 1. The number of aromatic nitrogens is 4. The maximum absolute atomic E-state index is 12.6. The van der Waals surface area contributed by atoms with E-state index in [1.54, 1.807) is 28.8 Å². The zero-order valence-corrected chi connectivity index (χ0v) is 16.6. The molecule has 2 aromatic heterocycles. The number of ether oxygens (including phenoxy) is 1. The minimum absolute atomic E-state index is 0.169. The lowest BCUT2D eigenvalue weighted by molar-refractivity contribution is 0.102.